The van der Waals surface area contributed by atoms with Crippen molar-refractivity contribution < 1.29 is 9.90 Å². The van der Waals surface area contributed by atoms with E-state index in [1.807, 2.05) is 58.0 Å². The summed E-state index contributed by atoms with van der Waals surface area (Å²) in [6.45, 7) is 8.17. The quantitative estimate of drug-likeness (QED) is 0.871. The Morgan fingerprint density at radius 3 is 2.17 bits per heavy atom. The molecule has 1 aliphatic heterocycles. The molecule has 1 N–H and O–H groups in total. The molecule has 0 aromatic heterocycles. The normalized spacial score (nSPS) is 25.5. The maximum Gasteiger partial charge on any atom is 0.231 e. The first-order valence-electron chi connectivity index (χ1n) is 6.31. The molecule has 0 saturated carbocycles. The fourth-order valence-corrected chi connectivity index (χ4v) is 2.40. The van der Waals surface area contributed by atoms with Crippen LogP contribution in [-0.4, -0.2) is 22.1 Å². The van der Waals surface area contributed by atoms with Crippen molar-refractivity contribution in [1.82, 2.24) is 4.90 Å². The summed E-state index contributed by atoms with van der Waals surface area (Å²) in [5.74, 6) is 0.0175. The number of hydrogen-bond donors (Lipinski definition) is 1. The van der Waals surface area contributed by atoms with Crippen LogP contribution in [0.4, 0.5) is 0 Å². The number of hydrogen-bond acceptors (Lipinski definition) is 2. The van der Waals surface area contributed by atoms with Crippen LogP contribution in [0, 0.1) is 10.8 Å². The molecule has 98 valence electrons. The third-order valence-corrected chi connectivity index (χ3v) is 4.54. The van der Waals surface area contributed by atoms with Gasteiger partial charge >= 0.3 is 0 Å². The predicted molar refractivity (Wildman–Crippen MR) is 70.6 cm³/mol. The van der Waals surface area contributed by atoms with Gasteiger partial charge in [0.25, 0.3) is 0 Å². The third kappa shape index (κ3) is 1.74. The van der Waals surface area contributed by atoms with Crippen LogP contribution in [0.3, 0.4) is 0 Å². The lowest BCUT2D eigenvalue weighted by Gasteiger charge is -2.33. The second-order valence-corrected chi connectivity index (χ2v) is 6.14. The smallest absolute Gasteiger partial charge is 0.231 e. The SMILES string of the molecule is CC1(C)C(=O)N(Cc2ccccc2)C(O)C1(C)C. The fraction of sp³-hybridized carbons (Fsp3) is 0.533. The van der Waals surface area contributed by atoms with Crippen molar-refractivity contribution in [1.29, 1.82) is 0 Å². The Bertz CT molecular complexity index is 451. The summed E-state index contributed by atoms with van der Waals surface area (Å²) >= 11 is 0. The van der Waals surface area contributed by atoms with Crippen molar-refractivity contribution in [2.45, 2.75) is 40.5 Å². The molecule has 1 atom stereocenters. The monoisotopic (exact) mass is 247 g/mol. The minimum Gasteiger partial charge on any atom is -0.373 e. The number of aliphatic hydroxyl groups excluding tert-OH is 1. The Labute approximate surface area is 108 Å². The first-order chi connectivity index (χ1) is 8.28. The van der Waals surface area contributed by atoms with Gasteiger partial charge in [0.05, 0.1) is 5.41 Å². The standard InChI is InChI=1S/C15H21NO2/c1-14(2)12(17)16(13(18)15(14,3)4)10-11-8-6-5-7-9-11/h5-9,12,17H,10H2,1-4H3. The molecular formula is C15H21NO2. The van der Waals surface area contributed by atoms with E-state index in [0.29, 0.717) is 6.54 Å². The summed E-state index contributed by atoms with van der Waals surface area (Å²) in [5.41, 5.74) is 0.0541. The molecule has 1 saturated heterocycles. The van der Waals surface area contributed by atoms with Gasteiger partial charge < -0.3 is 10.0 Å². The van der Waals surface area contributed by atoms with Gasteiger partial charge in [0, 0.05) is 12.0 Å². The van der Waals surface area contributed by atoms with Crippen LogP contribution in [0.5, 0.6) is 0 Å². The highest BCUT2D eigenvalue weighted by atomic mass is 16.3. The number of nitrogens with zero attached hydrogens (tertiary/aromatic N) is 1. The van der Waals surface area contributed by atoms with Crippen molar-refractivity contribution in [2.24, 2.45) is 10.8 Å². The van der Waals surface area contributed by atoms with E-state index >= 15 is 0 Å². The number of benzene rings is 1. The van der Waals surface area contributed by atoms with Crippen LogP contribution in [-0.2, 0) is 11.3 Å². The van der Waals surface area contributed by atoms with Gasteiger partial charge in [0.2, 0.25) is 5.91 Å². The highest BCUT2D eigenvalue weighted by molar-refractivity contribution is 5.85. The third-order valence-electron chi connectivity index (χ3n) is 4.54. The Kier molecular flexibility index (Phi) is 2.98. The molecule has 3 nitrogen and oxygen atoms in total. The van der Waals surface area contributed by atoms with Crippen LogP contribution in [0.1, 0.15) is 33.3 Å². The van der Waals surface area contributed by atoms with Gasteiger partial charge in [0.15, 0.2) is 0 Å². The van der Waals surface area contributed by atoms with Crippen LogP contribution in [0.15, 0.2) is 30.3 Å². The summed E-state index contributed by atoms with van der Waals surface area (Å²) in [4.78, 5) is 14.0. The zero-order valence-corrected chi connectivity index (χ0v) is 11.5. The summed E-state index contributed by atoms with van der Waals surface area (Å²) in [7, 11) is 0. The first-order valence-corrected chi connectivity index (χ1v) is 6.31. The van der Waals surface area contributed by atoms with Gasteiger partial charge in [-0.25, -0.2) is 0 Å². The van der Waals surface area contributed by atoms with Gasteiger partial charge in [-0.15, -0.1) is 0 Å². The van der Waals surface area contributed by atoms with E-state index in [2.05, 4.69) is 0 Å². The Hall–Kier alpha value is -1.35. The zero-order chi connectivity index (χ0) is 13.6. The molecule has 1 amide bonds. The van der Waals surface area contributed by atoms with Gasteiger partial charge in [-0.1, -0.05) is 58.0 Å². The summed E-state index contributed by atoms with van der Waals surface area (Å²) in [6, 6.07) is 9.77. The second-order valence-electron chi connectivity index (χ2n) is 6.14. The number of carbonyl (C=O) groups excluding carboxylic acids is 1. The number of carbonyl (C=O) groups is 1. The lowest BCUT2D eigenvalue weighted by atomic mass is 9.69. The molecule has 0 aliphatic carbocycles. The van der Waals surface area contributed by atoms with Crippen molar-refractivity contribution in [3.8, 4) is 0 Å². The Balaban J connectivity index is 2.28. The number of aliphatic hydroxyl groups is 1. The van der Waals surface area contributed by atoms with Crippen LogP contribution < -0.4 is 0 Å². The van der Waals surface area contributed by atoms with Gasteiger partial charge in [-0.2, -0.15) is 0 Å². The van der Waals surface area contributed by atoms with Crippen LogP contribution in [0.25, 0.3) is 0 Å². The molecule has 1 aliphatic rings. The van der Waals surface area contributed by atoms with E-state index in [4.69, 9.17) is 0 Å². The largest absolute Gasteiger partial charge is 0.373 e. The van der Waals surface area contributed by atoms with Crippen molar-refractivity contribution in [2.75, 3.05) is 0 Å². The predicted octanol–water partition coefficient (Wildman–Crippen LogP) is 2.40. The Morgan fingerprint density at radius 1 is 1.17 bits per heavy atom. The molecule has 18 heavy (non-hydrogen) atoms. The molecular weight excluding hydrogens is 226 g/mol. The van der Waals surface area contributed by atoms with E-state index < -0.39 is 17.1 Å². The average Bonchev–Trinajstić information content (AvgIpc) is 2.44. The summed E-state index contributed by atoms with van der Waals surface area (Å²) in [5, 5.41) is 10.4. The van der Waals surface area contributed by atoms with Crippen molar-refractivity contribution in [3.05, 3.63) is 35.9 Å². The number of rotatable bonds is 2. The maximum atomic E-state index is 12.4. The lowest BCUT2D eigenvalue weighted by molar-refractivity contribution is -0.139. The number of likely N-dealkylation sites (tertiary alicyclic amines) is 1. The number of amides is 1. The first kappa shape index (κ1) is 13.1. The van der Waals surface area contributed by atoms with E-state index in [1.54, 1.807) is 4.90 Å². The highest BCUT2D eigenvalue weighted by Gasteiger charge is 2.58. The molecule has 0 bridgehead atoms. The lowest BCUT2D eigenvalue weighted by Crippen LogP contribution is -2.38. The van der Waals surface area contributed by atoms with E-state index in [1.165, 1.54) is 0 Å². The molecule has 1 aromatic rings. The topological polar surface area (TPSA) is 40.5 Å². The summed E-state index contributed by atoms with van der Waals surface area (Å²) < 4.78 is 0. The van der Waals surface area contributed by atoms with Crippen LogP contribution >= 0.6 is 0 Å². The second kappa shape index (κ2) is 4.09. The fourth-order valence-electron chi connectivity index (χ4n) is 2.40. The zero-order valence-electron chi connectivity index (χ0n) is 11.5. The Morgan fingerprint density at radius 2 is 1.72 bits per heavy atom. The summed E-state index contributed by atoms with van der Waals surface area (Å²) in [6.07, 6.45) is -0.736. The average molecular weight is 247 g/mol. The molecule has 1 unspecified atom stereocenters. The van der Waals surface area contributed by atoms with E-state index in [-0.39, 0.29) is 5.91 Å². The molecule has 1 aromatic carbocycles. The molecule has 0 radical (unpaired) electrons. The highest BCUT2D eigenvalue weighted by Crippen LogP contribution is 2.50. The molecule has 2 rings (SSSR count). The minimum atomic E-state index is -0.736. The molecule has 0 spiro atoms. The van der Waals surface area contributed by atoms with Crippen molar-refractivity contribution >= 4 is 5.91 Å². The molecule has 1 heterocycles. The molecule has 1 fully saturated rings. The van der Waals surface area contributed by atoms with Crippen LogP contribution in [0.2, 0.25) is 0 Å². The maximum absolute atomic E-state index is 12.4. The van der Waals surface area contributed by atoms with E-state index in [0.717, 1.165) is 5.56 Å². The minimum absolute atomic E-state index is 0.0175. The van der Waals surface area contributed by atoms with E-state index in [9.17, 15) is 9.90 Å². The van der Waals surface area contributed by atoms with Crippen molar-refractivity contribution in [3.63, 3.8) is 0 Å². The van der Waals surface area contributed by atoms with Gasteiger partial charge in [-0.05, 0) is 5.56 Å². The van der Waals surface area contributed by atoms with Gasteiger partial charge in [0.1, 0.15) is 6.23 Å². The molecule has 3 heteroatoms. The van der Waals surface area contributed by atoms with Gasteiger partial charge in [-0.3, -0.25) is 4.79 Å².